The molecule has 0 heterocycles. The molecule has 0 aromatic heterocycles. The van der Waals surface area contributed by atoms with E-state index in [9.17, 15) is 8.78 Å². The average molecular weight is 372 g/mol. The van der Waals surface area contributed by atoms with Crippen molar-refractivity contribution in [2.45, 2.75) is 17.4 Å². The molecule has 2 aromatic carbocycles. The minimum Gasteiger partial charge on any atom is -0.316 e. The lowest BCUT2D eigenvalue weighted by molar-refractivity contribution is 0.607. The zero-order valence-corrected chi connectivity index (χ0v) is 14.0. The molecule has 0 saturated heterocycles. The first-order valence-electron chi connectivity index (χ1n) is 6.58. The van der Waals surface area contributed by atoms with Gasteiger partial charge in [-0.3, -0.25) is 0 Å². The Morgan fingerprint density at radius 1 is 1.14 bits per heavy atom. The van der Waals surface area contributed by atoms with Gasteiger partial charge in [-0.1, -0.05) is 28.1 Å². The molecule has 0 bridgehead atoms. The van der Waals surface area contributed by atoms with E-state index in [1.54, 1.807) is 23.9 Å². The van der Waals surface area contributed by atoms with E-state index >= 15 is 0 Å². The number of thioether (sulfide) groups is 1. The molecule has 1 unspecified atom stereocenters. The molecule has 0 aliphatic rings. The highest BCUT2D eigenvalue weighted by atomic mass is 79.9. The molecular formula is C16H16BrF2NS. The van der Waals surface area contributed by atoms with Gasteiger partial charge in [0.15, 0.2) is 0 Å². The number of nitrogens with one attached hydrogen (secondary N) is 1. The number of halogens is 3. The smallest absolute Gasteiger partial charge is 0.124 e. The number of likely N-dealkylation sites (N-methyl/N-ethyl adjacent to an activating group) is 1. The van der Waals surface area contributed by atoms with E-state index in [1.807, 2.05) is 13.1 Å². The van der Waals surface area contributed by atoms with Crippen molar-refractivity contribution in [2.24, 2.45) is 0 Å². The van der Waals surface area contributed by atoms with Gasteiger partial charge >= 0.3 is 0 Å². The molecule has 0 saturated carbocycles. The van der Waals surface area contributed by atoms with Crippen LogP contribution < -0.4 is 5.32 Å². The van der Waals surface area contributed by atoms with Crippen molar-refractivity contribution in [2.75, 3.05) is 12.8 Å². The van der Waals surface area contributed by atoms with Crippen LogP contribution in [0.1, 0.15) is 5.56 Å². The third-order valence-electron chi connectivity index (χ3n) is 3.14. The Kier molecular flexibility index (Phi) is 6.21. The summed E-state index contributed by atoms with van der Waals surface area (Å²) >= 11 is 4.99. The van der Waals surface area contributed by atoms with Crippen LogP contribution >= 0.6 is 27.7 Å². The van der Waals surface area contributed by atoms with Gasteiger partial charge in [0.25, 0.3) is 0 Å². The van der Waals surface area contributed by atoms with E-state index in [1.165, 1.54) is 24.3 Å². The second kappa shape index (κ2) is 7.92. The van der Waals surface area contributed by atoms with Crippen molar-refractivity contribution in [3.8, 4) is 0 Å². The third-order valence-corrected chi connectivity index (χ3v) is 5.03. The summed E-state index contributed by atoms with van der Waals surface area (Å²) < 4.78 is 27.0. The lowest BCUT2D eigenvalue weighted by Crippen LogP contribution is -2.30. The SMILES string of the molecule is CNC(CSc1cccc(F)c1)Cc1ccc(F)cc1Br. The van der Waals surface area contributed by atoms with Crippen molar-refractivity contribution in [1.29, 1.82) is 0 Å². The standard InChI is InChI=1S/C16H16BrF2NS/c1-20-14(7-11-5-6-13(19)9-16(11)17)10-21-15-4-2-3-12(18)8-15/h2-6,8-9,14,20H,7,10H2,1H3. The van der Waals surface area contributed by atoms with E-state index < -0.39 is 0 Å². The van der Waals surface area contributed by atoms with E-state index in [0.717, 1.165) is 27.1 Å². The Labute approximate surface area is 136 Å². The number of rotatable bonds is 6. The van der Waals surface area contributed by atoms with Gasteiger partial charge in [0.2, 0.25) is 0 Å². The maximum absolute atomic E-state index is 13.1. The maximum atomic E-state index is 13.1. The van der Waals surface area contributed by atoms with Crippen LogP contribution in [0, 0.1) is 11.6 Å². The van der Waals surface area contributed by atoms with Gasteiger partial charge < -0.3 is 5.32 Å². The van der Waals surface area contributed by atoms with Crippen molar-refractivity contribution in [3.05, 3.63) is 64.1 Å². The summed E-state index contributed by atoms with van der Waals surface area (Å²) in [6, 6.07) is 11.5. The van der Waals surface area contributed by atoms with Crippen LogP contribution in [0.25, 0.3) is 0 Å². The Morgan fingerprint density at radius 3 is 2.57 bits per heavy atom. The Balaban J connectivity index is 1.97. The van der Waals surface area contributed by atoms with E-state index in [2.05, 4.69) is 21.2 Å². The lowest BCUT2D eigenvalue weighted by Gasteiger charge is -2.17. The van der Waals surface area contributed by atoms with Gasteiger partial charge in [-0.25, -0.2) is 8.78 Å². The zero-order chi connectivity index (χ0) is 15.2. The molecule has 1 N–H and O–H groups in total. The van der Waals surface area contributed by atoms with Crippen LogP contribution in [-0.4, -0.2) is 18.8 Å². The van der Waals surface area contributed by atoms with Crippen LogP contribution in [-0.2, 0) is 6.42 Å². The van der Waals surface area contributed by atoms with Gasteiger partial charge in [0.05, 0.1) is 0 Å². The first-order valence-corrected chi connectivity index (χ1v) is 8.36. The fourth-order valence-corrected chi connectivity index (χ4v) is 3.51. The molecule has 112 valence electrons. The first kappa shape index (κ1) is 16.5. The molecule has 0 amide bonds. The molecule has 2 rings (SSSR count). The fourth-order valence-electron chi connectivity index (χ4n) is 1.95. The van der Waals surface area contributed by atoms with Crippen molar-refractivity contribution < 1.29 is 8.78 Å². The molecular weight excluding hydrogens is 356 g/mol. The van der Waals surface area contributed by atoms with Gasteiger partial charge in [-0.15, -0.1) is 11.8 Å². The molecule has 0 aliphatic heterocycles. The van der Waals surface area contributed by atoms with Gasteiger partial charge in [0.1, 0.15) is 11.6 Å². The molecule has 21 heavy (non-hydrogen) atoms. The summed E-state index contributed by atoms with van der Waals surface area (Å²) in [5.74, 6) is 0.340. The molecule has 0 radical (unpaired) electrons. The molecule has 5 heteroatoms. The summed E-state index contributed by atoms with van der Waals surface area (Å²) in [7, 11) is 1.90. The summed E-state index contributed by atoms with van der Waals surface area (Å²) in [5, 5.41) is 3.25. The minimum absolute atomic E-state index is 0.220. The number of hydrogen-bond acceptors (Lipinski definition) is 2. The minimum atomic E-state index is -0.249. The van der Waals surface area contributed by atoms with Crippen LogP contribution in [0.4, 0.5) is 8.78 Å². The molecule has 2 aromatic rings. The Morgan fingerprint density at radius 2 is 1.90 bits per heavy atom. The topological polar surface area (TPSA) is 12.0 Å². The molecule has 0 spiro atoms. The van der Waals surface area contributed by atoms with Crippen LogP contribution in [0.3, 0.4) is 0 Å². The highest BCUT2D eigenvalue weighted by Gasteiger charge is 2.11. The Bertz CT molecular complexity index is 607. The second-order valence-corrected chi connectivity index (χ2v) is 6.64. The first-order chi connectivity index (χ1) is 10.1. The molecule has 1 atom stereocenters. The normalized spacial score (nSPS) is 12.4. The van der Waals surface area contributed by atoms with Crippen molar-refractivity contribution in [3.63, 3.8) is 0 Å². The highest BCUT2D eigenvalue weighted by Crippen LogP contribution is 2.23. The van der Waals surface area contributed by atoms with Gasteiger partial charge in [-0.2, -0.15) is 0 Å². The predicted molar refractivity (Wildman–Crippen MR) is 87.8 cm³/mol. The van der Waals surface area contributed by atoms with E-state index in [4.69, 9.17) is 0 Å². The van der Waals surface area contributed by atoms with Crippen LogP contribution in [0.15, 0.2) is 51.8 Å². The van der Waals surface area contributed by atoms with Crippen LogP contribution in [0.5, 0.6) is 0 Å². The quantitative estimate of drug-likeness (QED) is 0.741. The Hall–Kier alpha value is -0.910. The highest BCUT2D eigenvalue weighted by molar-refractivity contribution is 9.10. The van der Waals surface area contributed by atoms with Crippen molar-refractivity contribution >= 4 is 27.7 Å². The molecule has 1 nitrogen and oxygen atoms in total. The number of benzene rings is 2. The van der Waals surface area contributed by atoms with Gasteiger partial charge in [0, 0.05) is 21.2 Å². The summed E-state index contributed by atoms with van der Waals surface area (Å²) in [5.41, 5.74) is 1.05. The zero-order valence-electron chi connectivity index (χ0n) is 11.6. The fraction of sp³-hybridized carbons (Fsp3) is 0.250. The van der Waals surface area contributed by atoms with E-state index in [0.29, 0.717) is 0 Å². The summed E-state index contributed by atoms with van der Waals surface area (Å²) in [4.78, 5) is 0.911. The summed E-state index contributed by atoms with van der Waals surface area (Å²) in [6.07, 6.45) is 0.777. The average Bonchev–Trinajstić information content (AvgIpc) is 2.45. The second-order valence-electron chi connectivity index (χ2n) is 4.69. The third kappa shape index (κ3) is 5.09. The van der Waals surface area contributed by atoms with E-state index in [-0.39, 0.29) is 17.7 Å². The lowest BCUT2D eigenvalue weighted by atomic mass is 10.1. The largest absolute Gasteiger partial charge is 0.316 e. The predicted octanol–water partition coefficient (Wildman–Crippen LogP) is 4.65. The summed E-state index contributed by atoms with van der Waals surface area (Å²) in [6.45, 7) is 0. The van der Waals surface area contributed by atoms with Crippen molar-refractivity contribution in [1.82, 2.24) is 5.32 Å². The van der Waals surface area contributed by atoms with Crippen LogP contribution in [0.2, 0.25) is 0 Å². The molecule has 0 fully saturated rings. The van der Waals surface area contributed by atoms with Gasteiger partial charge in [-0.05, 0) is 49.4 Å². The molecule has 0 aliphatic carbocycles. The monoisotopic (exact) mass is 371 g/mol. The number of hydrogen-bond donors (Lipinski definition) is 1. The maximum Gasteiger partial charge on any atom is 0.124 e.